The number of aryl methyl sites for hydroxylation is 1. The number of amides is 2. The Bertz CT molecular complexity index is 1120. The Hall–Kier alpha value is -2.55. The number of thiocarbonyl (C=S) groups is 1. The summed E-state index contributed by atoms with van der Waals surface area (Å²) in [5, 5.41) is 3.08. The summed E-state index contributed by atoms with van der Waals surface area (Å²) in [4.78, 5) is 27.2. The van der Waals surface area contributed by atoms with Crippen LogP contribution in [0.3, 0.4) is 0 Å². The molecule has 3 rings (SSSR count). The van der Waals surface area contributed by atoms with E-state index >= 15 is 0 Å². The minimum absolute atomic E-state index is 0.0209. The molecule has 0 bridgehead atoms. The monoisotopic (exact) mass is 518 g/mol. The second-order valence-corrected chi connectivity index (χ2v) is 9.88. The highest BCUT2D eigenvalue weighted by atomic mass is 35.5. The Morgan fingerprint density at radius 2 is 1.91 bits per heavy atom. The van der Waals surface area contributed by atoms with Gasteiger partial charge >= 0.3 is 0 Å². The number of halogens is 1. The van der Waals surface area contributed by atoms with Gasteiger partial charge in [0.1, 0.15) is 4.32 Å². The second-order valence-electron chi connectivity index (χ2n) is 7.80. The number of thioether (sulfide) groups is 1. The van der Waals surface area contributed by atoms with Gasteiger partial charge in [-0.2, -0.15) is 0 Å². The predicted octanol–water partition coefficient (Wildman–Crippen LogP) is 5.93. The first-order valence-electron chi connectivity index (χ1n) is 11.0. The fourth-order valence-electron chi connectivity index (χ4n) is 3.31. The van der Waals surface area contributed by atoms with Gasteiger partial charge in [-0.15, -0.1) is 0 Å². The van der Waals surface area contributed by atoms with Crippen LogP contribution < -0.4 is 14.8 Å². The van der Waals surface area contributed by atoms with Crippen LogP contribution in [0.4, 0.5) is 5.69 Å². The number of nitrogens with zero attached hydrogens (tertiary/aromatic N) is 1. The topological polar surface area (TPSA) is 67.9 Å². The maximum absolute atomic E-state index is 12.7. The summed E-state index contributed by atoms with van der Waals surface area (Å²) in [5.74, 6) is 0.208. The molecule has 1 N–H and O–H groups in total. The number of nitrogens with one attached hydrogen (secondary N) is 1. The summed E-state index contributed by atoms with van der Waals surface area (Å²) in [6.07, 6.45) is 2.66. The highest BCUT2D eigenvalue weighted by molar-refractivity contribution is 8.26. The minimum Gasteiger partial charge on any atom is -0.490 e. The molecule has 0 aliphatic carbocycles. The molecule has 1 aliphatic rings. The van der Waals surface area contributed by atoms with Gasteiger partial charge < -0.3 is 14.8 Å². The van der Waals surface area contributed by atoms with E-state index in [4.69, 9.17) is 33.3 Å². The normalized spacial score (nSPS) is 14.8. The molecule has 9 heteroatoms. The van der Waals surface area contributed by atoms with E-state index in [1.807, 2.05) is 45.0 Å². The third-order valence-electron chi connectivity index (χ3n) is 4.96. The molecule has 0 atom stereocenters. The van der Waals surface area contributed by atoms with Gasteiger partial charge in [-0.25, -0.2) is 0 Å². The van der Waals surface area contributed by atoms with E-state index in [0.29, 0.717) is 32.8 Å². The third kappa shape index (κ3) is 6.31. The highest BCUT2D eigenvalue weighted by Crippen LogP contribution is 2.39. The smallest absolute Gasteiger partial charge is 0.266 e. The van der Waals surface area contributed by atoms with Crippen LogP contribution >= 0.6 is 35.6 Å². The highest BCUT2D eigenvalue weighted by Gasteiger charge is 2.33. The van der Waals surface area contributed by atoms with E-state index in [0.717, 1.165) is 6.42 Å². The van der Waals surface area contributed by atoms with Crippen LogP contribution in [0, 0.1) is 0 Å². The van der Waals surface area contributed by atoms with E-state index in [1.54, 1.807) is 23.1 Å². The van der Waals surface area contributed by atoms with Crippen molar-refractivity contribution in [3.05, 3.63) is 57.5 Å². The van der Waals surface area contributed by atoms with Crippen molar-refractivity contribution in [2.75, 3.05) is 18.5 Å². The first-order valence-corrected chi connectivity index (χ1v) is 12.6. The zero-order valence-electron chi connectivity index (χ0n) is 19.5. The van der Waals surface area contributed by atoms with E-state index in [-0.39, 0.29) is 35.2 Å². The number of ether oxygens (including phenoxy) is 2. The largest absolute Gasteiger partial charge is 0.490 e. The standard InChI is InChI=1S/C25H27ClN2O4S2/c1-5-16-7-9-18(10-8-16)27-22(29)14-32-23-19(26)11-17(12-20(23)31-6-2)13-21-24(30)28(15(3)4)25(33)34-21/h7-13,15H,5-6,14H2,1-4H3,(H,27,29)/b21-13-. The zero-order valence-corrected chi connectivity index (χ0v) is 21.9. The van der Waals surface area contributed by atoms with Gasteiger partial charge in [-0.05, 0) is 68.7 Å². The molecule has 0 radical (unpaired) electrons. The minimum atomic E-state index is -0.316. The molecule has 2 amide bonds. The van der Waals surface area contributed by atoms with Crippen LogP contribution in [0.2, 0.25) is 5.02 Å². The number of hydrogen-bond donors (Lipinski definition) is 1. The number of carbonyl (C=O) groups is 2. The molecule has 1 aliphatic heterocycles. The summed E-state index contributed by atoms with van der Waals surface area (Å²) in [7, 11) is 0. The van der Waals surface area contributed by atoms with Gasteiger partial charge in [-0.1, -0.05) is 54.6 Å². The average Bonchev–Trinajstić information content (AvgIpc) is 3.06. The molecule has 2 aromatic carbocycles. The molecule has 180 valence electrons. The van der Waals surface area contributed by atoms with Gasteiger partial charge in [0.25, 0.3) is 11.8 Å². The lowest BCUT2D eigenvalue weighted by Gasteiger charge is -2.18. The third-order valence-corrected chi connectivity index (χ3v) is 6.57. The van der Waals surface area contributed by atoms with Gasteiger partial charge in [-0.3, -0.25) is 14.5 Å². The van der Waals surface area contributed by atoms with Crippen LogP contribution in [0.1, 0.15) is 38.8 Å². The molecular weight excluding hydrogens is 492 g/mol. The second kappa shape index (κ2) is 11.7. The first kappa shape index (κ1) is 26.1. The summed E-state index contributed by atoms with van der Waals surface area (Å²) >= 11 is 13.1. The van der Waals surface area contributed by atoms with Gasteiger partial charge in [0.15, 0.2) is 18.1 Å². The first-order chi connectivity index (χ1) is 16.2. The molecule has 0 spiro atoms. The maximum atomic E-state index is 12.7. The van der Waals surface area contributed by atoms with Crippen molar-refractivity contribution < 1.29 is 19.1 Å². The Morgan fingerprint density at radius 3 is 2.50 bits per heavy atom. The number of carbonyl (C=O) groups excluding carboxylic acids is 2. The molecule has 2 aromatic rings. The summed E-state index contributed by atoms with van der Waals surface area (Å²) in [6, 6.07) is 11.0. The molecule has 0 unspecified atom stereocenters. The molecule has 1 saturated heterocycles. The van der Waals surface area contributed by atoms with E-state index < -0.39 is 0 Å². The van der Waals surface area contributed by atoms with Crippen LogP contribution in [0.5, 0.6) is 11.5 Å². The van der Waals surface area contributed by atoms with Crippen molar-refractivity contribution in [2.45, 2.75) is 40.2 Å². The van der Waals surface area contributed by atoms with E-state index in [1.165, 1.54) is 17.3 Å². The molecule has 0 aromatic heterocycles. The molecular formula is C25H27ClN2O4S2. The molecule has 1 heterocycles. The van der Waals surface area contributed by atoms with Gasteiger partial charge in [0, 0.05) is 11.7 Å². The Kier molecular flexibility index (Phi) is 8.99. The van der Waals surface area contributed by atoms with E-state index in [2.05, 4.69) is 12.2 Å². The summed E-state index contributed by atoms with van der Waals surface area (Å²) in [6.45, 7) is 7.89. The van der Waals surface area contributed by atoms with Crippen molar-refractivity contribution in [3.8, 4) is 11.5 Å². The van der Waals surface area contributed by atoms with E-state index in [9.17, 15) is 9.59 Å². The van der Waals surface area contributed by atoms with Crippen molar-refractivity contribution >= 4 is 63.5 Å². The van der Waals surface area contributed by atoms with Gasteiger partial charge in [0.05, 0.1) is 16.5 Å². The van der Waals surface area contributed by atoms with Crippen molar-refractivity contribution in [2.24, 2.45) is 0 Å². The van der Waals surface area contributed by atoms with Crippen molar-refractivity contribution in [3.63, 3.8) is 0 Å². The van der Waals surface area contributed by atoms with Crippen molar-refractivity contribution in [1.82, 2.24) is 4.90 Å². The summed E-state index contributed by atoms with van der Waals surface area (Å²) < 4.78 is 12.0. The maximum Gasteiger partial charge on any atom is 0.266 e. The summed E-state index contributed by atoms with van der Waals surface area (Å²) in [5.41, 5.74) is 2.55. The molecule has 1 fully saturated rings. The van der Waals surface area contributed by atoms with Crippen LogP contribution in [-0.2, 0) is 16.0 Å². The number of benzene rings is 2. The number of hydrogen-bond acceptors (Lipinski definition) is 6. The quantitative estimate of drug-likeness (QED) is 0.328. The van der Waals surface area contributed by atoms with Gasteiger partial charge in [0.2, 0.25) is 0 Å². The lowest BCUT2D eigenvalue weighted by Crippen LogP contribution is -2.34. The number of anilines is 1. The van der Waals surface area contributed by atoms with Crippen LogP contribution in [0.15, 0.2) is 41.3 Å². The molecule has 34 heavy (non-hydrogen) atoms. The Balaban J connectivity index is 1.75. The lowest BCUT2D eigenvalue weighted by molar-refractivity contribution is -0.123. The zero-order chi connectivity index (χ0) is 24.8. The fraction of sp³-hybridized carbons (Fsp3) is 0.320. The van der Waals surface area contributed by atoms with Crippen LogP contribution in [0.25, 0.3) is 6.08 Å². The number of rotatable bonds is 9. The van der Waals surface area contributed by atoms with Crippen LogP contribution in [-0.4, -0.2) is 40.3 Å². The molecule has 6 nitrogen and oxygen atoms in total. The SMILES string of the molecule is CCOc1cc(/C=C2\SC(=S)N(C(C)C)C2=O)cc(Cl)c1OCC(=O)Nc1ccc(CC)cc1. The fourth-order valence-corrected chi connectivity index (χ4v) is 5.11. The molecule has 0 saturated carbocycles. The average molecular weight is 519 g/mol. The Morgan fingerprint density at radius 1 is 1.21 bits per heavy atom. The lowest BCUT2D eigenvalue weighted by atomic mass is 10.1. The Labute approximate surface area is 214 Å². The van der Waals surface area contributed by atoms with Crippen molar-refractivity contribution in [1.29, 1.82) is 0 Å². The predicted molar refractivity (Wildman–Crippen MR) is 143 cm³/mol.